The number of amides is 1. The number of anilines is 1. The number of hydrogen-bond donors (Lipinski definition) is 0. The zero-order valence-electron chi connectivity index (χ0n) is 15.2. The minimum atomic E-state index is -2.92. The first-order valence-electron chi connectivity index (χ1n) is 8.66. The number of nitriles is 1. The van der Waals surface area contributed by atoms with Crippen LogP contribution in [0.15, 0.2) is 24.4 Å². The molecular weight excluding hydrogens is 354 g/mol. The summed E-state index contributed by atoms with van der Waals surface area (Å²) in [5.74, 6) is 0.0520. The molecule has 0 atom stereocenters. The molecule has 1 aliphatic rings. The molecule has 2 aromatic rings. The van der Waals surface area contributed by atoms with Crippen LogP contribution in [-0.4, -0.2) is 48.6 Å². The minimum Gasteiger partial charge on any atom is -0.435 e. The lowest BCUT2D eigenvalue weighted by molar-refractivity contribution is -0.129. The van der Waals surface area contributed by atoms with Crippen molar-refractivity contribution in [3.05, 3.63) is 30.0 Å². The highest BCUT2D eigenvalue weighted by Crippen LogP contribution is 2.34. The van der Waals surface area contributed by atoms with Gasteiger partial charge in [0.2, 0.25) is 5.91 Å². The van der Waals surface area contributed by atoms with Crippen LogP contribution in [0.2, 0.25) is 0 Å². The van der Waals surface area contributed by atoms with Gasteiger partial charge in [0.1, 0.15) is 11.8 Å². The van der Waals surface area contributed by atoms with E-state index in [1.54, 1.807) is 24.9 Å². The van der Waals surface area contributed by atoms with Gasteiger partial charge < -0.3 is 14.5 Å². The van der Waals surface area contributed by atoms with Crippen LogP contribution < -0.4 is 9.64 Å². The standard InChI is InChI=1S/C19H20F2N4O2/c1-12(26)24(2)14-5-7-25(8-6-14)18-13(10-22)11-23-17-4-3-15(9-16(17)18)27-19(20)21/h3-4,9,11,14,19H,5-8H2,1-2H3. The van der Waals surface area contributed by atoms with Gasteiger partial charge in [0.15, 0.2) is 0 Å². The van der Waals surface area contributed by atoms with Crippen molar-refractivity contribution in [1.82, 2.24) is 9.88 Å². The Hall–Kier alpha value is -2.95. The number of hydrogen-bond acceptors (Lipinski definition) is 5. The Morgan fingerprint density at radius 2 is 2.11 bits per heavy atom. The molecule has 1 saturated heterocycles. The molecular formula is C19H20F2N4O2. The van der Waals surface area contributed by atoms with Crippen molar-refractivity contribution in [2.24, 2.45) is 0 Å². The summed E-state index contributed by atoms with van der Waals surface area (Å²) >= 11 is 0. The van der Waals surface area contributed by atoms with E-state index in [-0.39, 0.29) is 17.7 Å². The first-order valence-corrected chi connectivity index (χ1v) is 8.66. The number of alkyl halides is 2. The summed E-state index contributed by atoms with van der Waals surface area (Å²) in [5.41, 5.74) is 1.66. The number of halogens is 2. The van der Waals surface area contributed by atoms with Crippen LogP contribution in [0, 0.1) is 11.3 Å². The fourth-order valence-corrected chi connectivity index (χ4v) is 3.49. The molecule has 0 spiro atoms. The maximum atomic E-state index is 12.6. The number of benzene rings is 1. The molecule has 0 N–H and O–H groups in total. The van der Waals surface area contributed by atoms with E-state index < -0.39 is 6.61 Å². The molecule has 1 aromatic carbocycles. The number of carbonyl (C=O) groups excluding carboxylic acids is 1. The van der Waals surface area contributed by atoms with Crippen LogP contribution >= 0.6 is 0 Å². The summed E-state index contributed by atoms with van der Waals surface area (Å²) in [4.78, 5) is 19.6. The number of piperidine rings is 1. The molecule has 1 aromatic heterocycles. The van der Waals surface area contributed by atoms with Crippen molar-refractivity contribution in [3.63, 3.8) is 0 Å². The molecule has 0 aliphatic carbocycles. The number of fused-ring (bicyclic) bond motifs is 1. The zero-order chi connectivity index (χ0) is 19.6. The second-order valence-corrected chi connectivity index (χ2v) is 6.54. The lowest BCUT2D eigenvalue weighted by atomic mass is 10.0. The quantitative estimate of drug-likeness (QED) is 0.822. The van der Waals surface area contributed by atoms with Crippen LogP contribution in [0.1, 0.15) is 25.3 Å². The molecule has 6 nitrogen and oxygen atoms in total. The predicted octanol–water partition coefficient (Wildman–Crippen LogP) is 3.15. The highest BCUT2D eigenvalue weighted by atomic mass is 19.3. The number of ether oxygens (including phenoxy) is 1. The van der Waals surface area contributed by atoms with Crippen LogP contribution in [0.4, 0.5) is 14.5 Å². The average molecular weight is 374 g/mol. The Labute approximate surface area is 155 Å². The van der Waals surface area contributed by atoms with Crippen molar-refractivity contribution in [2.45, 2.75) is 32.4 Å². The molecule has 0 unspecified atom stereocenters. The molecule has 1 amide bonds. The Morgan fingerprint density at radius 3 is 2.70 bits per heavy atom. The van der Waals surface area contributed by atoms with Gasteiger partial charge >= 0.3 is 6.61 Å². The van der Waals surface area contributed by atoms with Crippen LogP contribution in [0.25, 0.3) is 10.9 Å². The van der Waals surface area contributed by atoms with Crippen molar-refractivity contribution in [1.29, 1.82) is 5.26 Å². The van der Waals surface area contributed by atoms with E-state index in [2.05, 4.69) is 20.7 Å². The second-order valence-electron chi connectivity index (χ2n) is 6.54. The summed E-state index contributed by atoms with van der Waals surface area (Å²) in [6, 6.07) is 6.83. The molecule has 0 radical (unpaired) electrons. The third-order valence-corrected chi connectivity index (χ3v) is 4.98. The van der Waals surface area contributed by atoms with Crippen molar-refractivity contribution >= 4 is 22.5 Å². The summed E-state index contributed by atoms with van der Waals surface area (Å²) < 4.78 is 29.7. The molecule has 3 rings (SSSR count). The third-order valence-electron chi connectivity index (χ3n) is 4.98. The van der Waals surface area contributed by atoms with Gasteiger partial charge in [-0.15, -0.1) is 0 Å². The van der Waals surface area contributed by atoms with Gasteiger partial charge in [-0.2, -0.15) is 14.0 Å². The maximum Gasteiger partial charge on any atom is 0.387 e. The number of rotatable bonds is 4. The topological polar surface area (TPSA) is 69.5 Å². The van der Waals surface area contributed by atoms with E-state index in [4.69, 9.17) is 0 Å². The number of pyridine rings is 1. The summed E-state index contributed by atoms with van der Waals surface area (Å²) in [6.07, 6.45) is 3.02. The Kier molecular flexibility index (Phi) is 5.40. The fourth-order valence-electron chi connectivity index (χ4n) is 3.49. The number of aromatic nitrogens is 1. The summed E-state index contributed by atoms with van der Waals surface area (Å²) in [6.45, 7) is -0.0801. The summed E-state index contributed by atoms with van der Waals surface area (Å²) in [5, 5.41) is 10.1. The third kappa shape index (κ3) is 3.92. The van der Waals surface area contributed by atoms with Crippen molar-refractivity contribution in [2.75, 3.05) is 25.0 Å². The fraction of sp³-hybridized carbons (Fsp3) is 0.421. The van der Waals surface area contributed by atoms with Gasteiger partial charge in [0.25, 0.3) is 0 Å². The van der Waals surface area contributed by atoms with Crippen molar-refractivity contribution in [3.8, 4) is 11.8 Å². The van der Waals surface area contributed by atoms with Gasteiger partial charge in [0, 0.05) is 44.7 Å². The van der Waals surface area contributed by atoms with Gasteiger partial charge in [-0.05, 0) is 31.0 Å². The van der Waals surface area contributed by atoms with Gasteiger partial charge in [0.05, 0.1) is 16.8 Å². The molecule has 2 heterocycles. The van der Waals surface area contributed by atoms with Gasteiger partial charge in [-0.25, -0.2) is 0 Å². The maximum absolute atomic E-state index is 12.6. The van der Waals surface area contributed by atoms with Gasteiger partial charge in [-0.1, -0.05) is 0 Å². The first kappa shape index (κ1) is 18.8. The lowest BCUT2D eigenvalue weighted by Gasteiger charge is -2.38. The second kappa shape index (κ2) is 7.74. The summed E-state index contributed by atoms with van der Waals surface area (Å²) in [7, 11) is 1.79. The molecule has 1 fully saturated rings. The van der Waals surface area contributed by atoms with E-state index >= 15 is 0 Å². The Bertz CT molecular complexity index is 889. The lowest BCUT2D eigenvalue weighted by Crippen LogP contribution is -2.45. The molecule has 0 bridgehead atoms. The minimum absolute atomic E-state index is 0.0225. The molecule has 0 saturated carbocycles. The highest BCUT2D eigenvalue weighted by molar-refractivity contribution is 5.95. The molecule has 1 aliphatic heterocycles. The Balaban J connectivity index is 1.95. The van der Waals surface area contributed by atoms with Crippen LogP contribution in [0.3, 0.4) is 0 Å². The van der Waals surface area contributed by atoms with E-state index in [0.29, 0.717) is 35.2 Å². The van der Waals surface area contributed by atoms with E-state index in [9.17, 15) is 18.8 Å². The van der Waals surface area contributed by atoms with E-state index in [1.165, 1.54) is 18.3 Å². The predicted molar refractivity (Wildman–Crippen MR) is 96.8 cm³/mol. The van der Waals surface area contributed by atoms with Crippen molar-refractivity contribution < 1.29 is 18.3 Å². The first-order chi connectivity index (χ1) is 12.9. The number of nitrogens with zero attached hydrogens (tertiary/aromatic N) is 4. The van der Waals surface area contributed by atoms with E-state index in [1.807, 2.05) is 0 Å². The van der Waals surface area contributed by atoms with Crippen LogP contribution in [-0.2, 0) is 4.79 Å². The molecule has 27 heavy (non-hydrogen) atoms. The Morgan fingerprint density at radius 1 is 1.41 bits per heavy atom. The highest BCUT2D eigenvalue weighted by Gasteiger charge is 2.26. The number of carbonyl (C=O) groups is 1. The monoisotopic (exact) mass is 374 g/mol. The average Bonchev–Trinajstić information content (AvgIpc) is 2.66. The normalized spacial score (nSPS) is 15.0. The smallest absolute Gasteiger partial charge is 0.387 e. The SMILES string of the molecule is CC(=O)N(C)C1CCN(c2c(C#N)cnc3ccc(OC(F)F)cc23)CC1. The van der Waals surface area contributed by atoms with Gasteiger partial charge in [-0.3, -0.25) is 9.78 Å². The zero-order valence-corrected chi connectivity index (χ0v) is 15.2. The molecule has 142 valence electrons. The largest absolute Gasteiger partial charge is 0.435 e. The van der Waals surface area contributed by atoms with E-state index in [0.717, 1.165) is 12.8 Å². The molecule has 8 heteroatoms. The van der Waals surface area contributed by atoms with Crippen LogP contribution in [0.5, 0.6) is 5.75 Å².